The molecule has 3 nitrogen and oxygen atoms in total. The average molecular weight is 192 g/mol. The number of thioether (sulfide) groups is 1. The molecule has 12 heavy (non-hydrogen) atoms. The number of carbonyl (C=O) groups excluding carboxylic acids is 1. The van der Waals surface area contributed by atoms with Gasteiger partial charge in [-0.3, -0.25) is 4.79 Å². The largest absolute Gasteiger partial charge is 0.396 e. The molecule has 1 atom stereocenters. The van der Waals surface area contributed by atoms with Crippen LogP contribution in [0.3, 0.4) is 0 Å². The summed E-state index contributed by atoms with van der Waals surface area (Å²) in [5.41, 5.74) is 0. The molecule has 0 radical (unpaired) electrons. The van der Waals surface area contributed by atoms with Crippen molar-refractivity contribution < 1.29 is 14.6 Å². The summed E-state index contributed by atoms with van der Waals surface area (Å²) >= 11 is 1.56. The standard InChI is InChI=1S/C8H16O3S/c1-7(3-4-9)12-6-8(10)5-11-2/h7,9H,3-6H2,1-2H3. The molecule has 0 aliphatic heterocycles. The number of aliphatic hydroxyl groups is 1. The molecule has 0 fully saturated rings. The fourth-order valence-electron chi connectivity index (χ4n) is 0.703. The van der Waals surface area contributed by atoms with Crippen LogP contribution in [0.15, 0.2) is 0 Å². The summed E-state index contributed by atoms with van der Waals surface area (Å²) in [6.45, 7) is 2.38. The Labute approximate surface area is 77.5 Å². The van der Waals surface area contributed by atoms with E-state index in [1.54, 1.807) is 11.8 Å². The smallest absolute Gasteiger partial charge is 0.168 e. The molecule has 0 heterocycles. The minimum absolute atomic E-state index is 0.104. The third-order valence-corrected chi connectivity index (χ3v) is 2.66. The Kier molecular flexibility index (Phi) is 7.54. The van der Waals surface area contributed by atoms with E-state index in [0.717, 1.165) is 6.42 Å². The normalized spacial score (nSPS) is 12.9. The van der Waals surface area contributed by atoms with Crippen LogP contribution in [-0.2, 0) is 9.53 Å². The second-order valence-corrected chi connectivity index (χ2v) is 4.03. The van der Waals surface area contributed by atoms with Gasteiger partial charge in [0.15, 0.2) is 5.78 Å². The summed E-state index contributed by atoms with van der Waals surface area (Å²) in [5, 5.41) is 8.93. The van der Waals surface area contributed by atoms with E-state index >= 15 is 0 Å². The van der Waals surface area contributed by atoms with Gasteiger partial charge in [-0.05, 0) is 6.42 Å². The molecule has 0 aliphatic rings. The van der Waals surface area contributed by atoms with Crippen LogP contribution < -0.4 is 0 Å². The molecule has 0 aromatic rings. The Balaban J connectivity index is 3.33. The molecule has 0 bridgehead atoms. The molecule has 1 unspecified atom stereocenters. The van der Waals surface area contributed by atoms with Gasteiger partial charge in [0, 0.05) is 19.0 Å². The van der Waals surface area contributed by atoms with E-state index in [2.05, 4.69) is 4.74 Å². The van der Waals surface area contributed by atoms with Crippen molar-refractivity contribution in [3.63, 3.8) is 0 Å². The molecule has 0 aromatic carbocycles. The maximum atomic E-state index is 10.9. The lowest BCUT2D eigenvalue weighted by atomic mass is 10.3. The first kappa shape index (κ1) is 11.9. The first-order chi connectivity index (χ1) is 5.70. The van der Waals surface area contributed by atoms with Gasteiger partial charge in [0.1, 0.15) is 6.61 Å². The van der Waals surface area contributed by atoms with E-state index in [9.17, 15) is 4.79 Å². The minimum atomic E-state index is 0.104. The second-order valence-electron chi connectivity index (χ2n) is 2.61. The summed E-state index contributed by atoms with van der Waals surface area (Å²) in [6.07, 6.45) is 0.741. The van der Waals surface area contributed by atoms with E-state index in [-0.39, 0.29) is 19.0 Å². The Bertz CT molecular complexity index is 127. The van der Waals surface area contributed by atoms with Crippen molar-refractivity contribution in [2.24, 2.45) is 0 Å². The van der Waals surface area contributed by atoms with E-state index in [4.69, 9.17) is 5.11 Å². The monoisotopic (exact) mass is 192 g/mol. The summed E-state index contributed by atoms with van der Waals surface area (Å²) in [4.78, 5) is 10.9. The predicted molar refractivity (Wildman–Crippen MR) is 50.5 cm³/mol. The summed E-state index contributed by atoms with van der Waals surface area (Å²) in [6, 6.07) is 0. The number of ketones is 1. The summed E-state index contributed by atoms with van der Waals surface area (Å²) in [5.74, 6) is 0.585. The van der Waals surface area contributed by atoms with Crippen LogP contribution in [0.4, 0.5) is 0 Å². The number of methoxy groups -OCH3 is 1. The van der Waals surface area contributed by atoms with Crippen LogP contribution in [0.2, 0.25) is 0 Å². The second kappa shape index (κ2) is 7.58. The average Bonchev–Trinajstić information content (AvgIpc) is 2.02. The fraction of sp³-hybridized carbons (Fsp3) is 0.875. The van der Waals surface area contributed by atoms with E-state index < -0.39 is 0 Å². The molecule has 0 aliphatic carbocycles. The van der Waals surface area contributed by atoms with Crippen molar-refractivity contribution in [2.45, 2.75) is 18.6 Å². The molecule has 4 heteroatoms. The molecule has 0 saturated heterocycles. The van der Waals surface area contributed by atoms with Gasteiger partial charge in [0.2, 0.25) is 0 Å². The molecule has 0 spiro atoms. The van der Waals surface area contributed by atoms with Gasteiger partial charge < -0.3 is 9.84 Å². The lowest BCUT2D eigenvalue weighted by Gasteiger charge is -2.07. The third kappa shape index (κ3) is 6.64. The molecular formula is C8H16O3S. The number of hydrogen-bond donors (Lipinski definition) is 1. The van der Waals surface area contributed by atoms with Gasteiger partial charge in [-0.25, -0.2) is 0 Å². The van der Waals surface area contributed by atoms with Gasteiger partial charge in [-0.2, -0.15) is 11.8 Å². The van der Waals surface area contributed by atoms with E-state index in [0.29, 0.717) is 11.0 Å². The van der Waals surface area contributed by atoms with Crippen LogP contribution >= 0.6 is 11.8 Å². The minimum Gasteiger partial charge on any atom is -0.396 e. The van der Waals surface area contributed by atoms with Gasteiger partial charge in [0.25, 0.3) is 0 Å². The van der Waals surface area contributed by atoms with Crippen LogP contribution in [0.25, 0.3) is 0 Å². The van der Waals surface area contributed by atoms with Gasteiger partial charge in [-0.15, -0.1) is 0 Å². The zero-order chi connectivity index (χ0) is 9.40. The zero-order valence-electron chi connectivity index (χ0n) is 7.58. The van der Waals surface area contributed by atoms with Crippen molar-refractivity contribution in [3.8, 4) is 0 Å². The number of ether oxygens (including phenoxy) is 1. The van der Waals surface area contributed by atoms with Crippen molar-refractivity contribution in [3.05, 3.63) is 0 Å². The number of hydrogen-bond acceptors (Lipinski definition) is 4. The summed E-state index contributed by atoms with van der Waals surface area (Å²) in [7, 11) is 1.51. The maximum absolute atomic E-state index is 10.9. The lowest BCUT2D eigenvalue weighted by Crippen LogP contribution is -2.12. The summed E-state index contributed by atoms with van der Waals surface area (Å²) < 4.78 is 4.68. The highest BCUT2D eigenvalue weighted by Crippen LogP contribution is 2.12. The molecule has 0 rings (SSSR count). The first-order valence-corrected chi connectivity index (χ1v) is 4.98. The fourth-order valence-corrected chi connectivity index (χ4v) is 1.53. The molecule has 0 aromatic heterocycles. The third-order valence-electron chi connectivity index (χ3n) is 1.37. The number of carbonyl (C=O) groups is 1. The Morgan fingerprint density at radius 1 is 1.67 bits per heavy atom. The van der Waals surface area contributed by atoms with Gasteiger partial charge in [-0.1, -0.05) is 6.92 Å². The van der Waals surface area contributed by atoms with E-state index in [1.165, 1.54) is 7.11 Å². The van der Waals surface area contributed by atoms with Gasteiger partial charge >= 0.3 is 0 Å². The number of aliphatic hydroxyl groups excluding tert-OH is 1. The maximum Gasteiger partial charge on any atom is 0.168 e. The zero-order valence-corrected chi connectivity index (χ0v) is 8.39. The Morgan fingerprint density at radius 3 is 2.83 bits per heavy atom. The highest BCUT2D eigenvalue weighted by Gasteiger charge is 2.05. The molecule has 0 saturated carbocycles. The highest BCUT2D eigenvalue weighted by molar-refractivity contribution is 8.00. The van der Waals surface area contributed by atoms with Crippen LogP contribution in [0.5, 0.6) is 0 Å². The van der Waals surface area contributed by atoms with Crippen LogP contribution in [0, 0.1) is 0 Å². The van der Waals surface area contributed by atoms with Crippen molar-refractivity contribution in [1.29, 1.82) is 0 Å². The van der Waals surface area contributed by atoms with Crippen LogP contribution in [-0.4, -0.2) is 42.2 Å². The molecule has 0 amide bonds. The number of Topliss-reactive ketones (excluding diaryl/α,β-unsaturated/α-hetero) is 1. The topological polar surface area (TPSA) is 46.5 Å². The molecule has 1 N–H and O–H groups in total. The number of rotatable bonds is 7. The van der Waals surface area contributed by atoms with Crippen molar-refractivity contribution in [2.75, 3.05) is 26.1 Å². The van der Waals surface area contributed by atoms with Gasteiger partial charge in [0.05, 0.1) is 5.75 Å². The lowest BCUT2D eigenvalue weighted by molar-refractivity contribution is -0.120. The SMILES string of the molecule is COCC(=O)CSC(C)CCO. The van der Waals surface area contributed by atoms with Crippen molar-refractivity contribution >= 4 is 17.5 Å². The van der Waals surface area contributed by atoms with E-state index in [1.807, 2.05) is 6.92 Å². The van der Waals surface area contributed by atoms with Crippen molar-refractivity contribution in [1.82, 2.24) is 0 Å². The molecule has 72 valence electrons. The highest BCUT2D eigenvalue weighted by atomic mass is 32.2. The quantitative estimate of drug-likeness (QED) is 0.645. The Hall–Kier alpha value is -0.0600. The predicted octanol–water partition coefficient (Wildman–Crippen LogP) is 0.706. The molecular weight excluding hydrogens is 176 g/mol. The Morgan fingerprint density at radius 2 is 2.33 bits per heavy atom. The first-order valence-electron chi connectivity index (χ1n) is 3.93. The van der Waals surface area contributed by atoms with Crippen LogP contribution in [0.1, 0.15) is 13.3 Å².